The molecule has 1 amide bonds. The smallest absolute Gasteiger partial charge is 0.271 e. The lowest BCUT2D eigenvalue weighted by atomic mass is 9.95. The average molecular weight is 364 g/mol. The molecule has 0 saturated carbocycles. The van der Waals surface area contributed by atoms with Gasteiger partial charge in [-0.15, -0.1) is 0 Å². The Morgan fingerprint density at radius 3 is 2.59 bits per heavy atom. The summed E-state index contributed by atoms with van der Waals surface area (Å²) >= 11 is 6.80. The van der Waals surface area contributed by atoms with E-state index >= 15 is 0 Å². The molecule has 0 aliphatic heterocycles. The Balaban J connectivity index is 2.89. The molecule has 0 fully saturated rings. The van der Waals surface area contributed by atoms with Crippen molar-refractivity contribution in [2.75, 3.05) is 5.33 Å². The highest BCUT2D eigenvalue weighted by molar-refractivity contribution is 9.10. The molecule has 1 N–H and O–H groups in total. The van der Waals surface area contributed by atoms with Crippen LogP contribution in [0.4, 0.5) is 0 Å². The van der Waals surface area contributed by atoms with Crippen molar-refractivity contribution in [1.82, 2.24) is 10.3 Å². The molecule has 0 aliphatic rings. The lowest BCUT2D eigenvalue weighted by molar-refractivity contribution is 0.0897. The number of amides is 1. The van der Waals surface area contributed by atoms with E-state index in [4.69, 9.17) is 0 Å². The Labute approximate surface area is 119 Å². The molecule has 0 spiro atoms. The van der Waals surface area contributed by atoms with Crippen LogP contribution in [0.3, 0.4) is 0 Å². The molecular formula is C12H16Br2N2O. The van der Waals surface area contributed by atoms with Crippen LogP contribution in [0.25, 0.3) is 0 Å². The van der Waals surface area contributed by atoms with E-state index in [2.05, 4.69) is 56.0 Å². The Bertz CT molecular complexity index is 384. The molecule has 0 bridgehead atoms. The first-order valence-electron chi connectivity index (χ1n) is 5.57. The van der Waals surface area contributed by atoms with Crippen LogP contribution in [-0.2, 0) is 0 Å². The minimum absolute atomic E-state index is 0.138. The number of pyridine rings is 1. The number of nitrogens with one attached hydrogen (secondary N) is 1. The van der Waals surface area contributed by atoms with Crippen LogP contribution in [0.5, 0.6) is 0 Å². The molecule has 0 radical (unpaired) electrons. The van der Waals surface area contributed by atoms with Crippen molar-refractivity contribution < 1.29 is 4.79 Å². The summed E-state index contributed by atoms with van der Waals surface area (Å²) < 4.78 is 0.716. The van der Waals surface area contributed by atoms with Gasteiger partial charge >= 0.3 is 0 Å². The number of aromatic nitrogens is 1. The largest absolute Gasteiger partial charge is 0.344 e. The molecule has 0 aliphatic carbocycles. The number of halogens is 2. The van der Waals surface area contributed by atoms with Crippen LogP contribution in [-0.4, -0.2) is 21.8 Å². The summed E-state index contributed by atoms with van der Waals surface area (Å²) in [5.74, 6) is -0.138. The average Bonchev–Trinajstić information content (AvgIpc) is 2.36. The van der Waals surface area contributed by atoms with Gasteiger partial charge in [0.15, 0.2) is 0 Å². The molecule has 94 valence electrons. The molecule has 5 heteroatoms. The standard InChI is InChI=1S/C12H16Br2N2O/c1-3-12(4-2,8-13)16-11(17)10-9(14)6-5-7-15-10/h5-7H,3-4,8H2,1-2H3,(H,16,17). The zero-order valence-corrected chi connectivity index (χ0v) is 13.1. The minimum atomic E-state index is -0.200. The second-order valence-corrected chi connectivity index (χ2v) is 5.32. The Kier molecular flexibility index (Phi) is 5.59. The number of nitrogens with zero attached hydrogens (tertiary/aromatic N) is 1. The molecule has 1 aromatic heterocycles. The molecular weight excluding hydrogens is 348 g/mol. The van der Waals surface area contributed by atoms with E-state index in [1.807, 2.05) is 6.07 Å². The molecule has 3 nitrogen and oxygen atoms in total. The highest BCUT2D eigenvalue weighted by atomic mass is 79.9. The van der Waals surface area contributed by atoms with Crippen molar-refractivity contribution in [3.05, 3.63) is 28.5 Å². The molecule has 0 saturated heterocycles. The Morgan fingerprint density at radius 1 is 1.47 bits per heavy atom. The molecule has 1 heterocycles. The van der Waals surface area contributed by atoms with E-state index in [0.717, 1.165) is 18.2 Å². The third kappa shape index (κ3) is 3.52. The normalized spacial score (nSPS) is 11.3. The second-order valence-electron chi connectivity index (χ2n) is 3.91. The van der Waals surface area contributed by atoms with Crippen molar-refractivity contribution >= 4 is 37.8 Å². The Hall–Kier alpha value is -0.420. The maximum absolute atomic E-state index is 12.1. The number of hydrogen-bond donors (Lipinski definition) is 1. The van der Waals surface area contributed by atoms with Gasteiger partial charge in [-0.25, -0.2) is 4.98 Å². The van der Waals surface area contributed by atoms with E-state index in [9.17, 15) is 4.79 Å². The lowest BCUT2D eigenvalue weighted by Crippen LogP contribution is -2.49. The lowest BCUT2D eigenvalue weighted by Gasteiger charge is -2.30. The monoisotopic (exact) mass is 362 g/mol. The van der Waals surface area contributed by atoms with Gasteiger partial charge in [0.25, 0.3) is 5.91 Å². The first-order chi connectivity index (χ1) is 8.08. The molecule has 1 aromatic rings. The SMILES string of the molecule is CCC(CC)(CBr)NC(=O)c1ncccc1Br. The second kappa shape index (κ2) is 6.50. The van der Waals surface area contributed by atoms with Gasteiger partial charge in [-0.1, -0.05) is 29.8 Å². The highest BCUT2D eigenvalue weighted by Crippen LogP contribution is 2.20. The van der Waals surface area contributed by atoms with Crippen molar-refractivity contribution in [2.24, 2.45) is 0 Å². The van der Waals surface area contributed by atoms with E-state index in [1.165, 1.54) is 0 Å². The first kappa shape index (κ1) is 14.6. The van der Waals surface area contributed by atoms with Gasteiger partial charge in [0.2, 0.25) is 0 Å². The quantitative estimate of drug-likeness (QED) is 0.813. The van der Waals surface area contributed by atoms with Crippen molar-refractivity contribution in [3.8, 4) is 0 Å². The number of alkyl halides is 1. The molecule has 0 aromatic carbocycles. The van der Waals surface area contributed by atoms with Crippen LogP contribution in [0, 0.1) is 0 Å². The van der Waals surface area contributed by atoms with Crippen LogP contribution >= 0.6 is 31.9 Å². The summed E-state index contributed by atoms with van der Waals surface area (Å²) in [7, 11) is 0. The predicted molar refractivity (Wildman–Crippen MR) is 76.5 cm³/mol. The maximum atomic E-state index is 12.1. The summed E-state index contributed by atoms with van der Waals surface area (Å²) in [6, 6.07) is 3.61. The van der Waals surface area contributed by atoms with E-state index in [0.29, 0.717) is 10.2 Å². The number of hydrogen-bond acceptors (Lipinski definition) is 2. The van der Waals surface area contributed by atoms with E-state index in [-0.39, 0.29) is 11.4 Å². The fourth-order valence-corrected chi connectivity index (χ4v) is 2.87. The number of carbonyl (C=O) groups excluding carboxylic acids is 1. The van der Waals surface area contributed by atoms with Crippen molar-refractivity contribution in [2.45, 2.75) is 32.2 Å². The summed E-state index contributed by atoms with van der Waals surface area (Å²) in [5, 5.41) is 3.80. The fourth-order valence-electron chi connectivity index (χ4n) is 1.50. The number of rotatable bonds is 5. The van der Waals surface area contributed by atoms with Crippen molar-refractivity contribution in [3.63, 3.8) is 0 Å². The molecule has 17 heavy (non-hydrogen) atoms. The third-order valence-corrected chi connectivity index (χ3v) is 4.67. The summed E-state index contributed by atoms with van der Waals surface area (Å²) in [4.78, 5) is 16.2. The summed E-state index contributed by atoms with van der Waals surface area (Å²) in [6.07, 6.45) is 3.38. The minimum Gasteiger partial charge on any atom is -0.344 e. The fraction of sp³-hybridized carbons (Fsp3) is 0.500. The molecule has 0 unspecified atom stereocenters. The highest BCUT2D eigenvalue weighted by Gasteiger charge is 2.28. The van der Waals surface area contributed by atoms with E-state index < -0.39 is 0 Å². The maximum Gasteiger partial charge on any atom is 0.271 e. The van der Waals surface area contributed by atoms with Gasteiger partial charge in [0.05, 0.1) is 0 Å². The van der Waals surface area contributed by atoms with Gasteiger partial charge in [-0.3, -0.25) is 4.79 Å². The van der Waals surface area contributed by atoms with Crippen LogP contribution in [0.1, 0.15) is 37.2 Å². The first-order valence-corrected chi connectivity index (χ1v) is 7.49. The van der Waals surface area contributed by atoms with Gasteiger partial charge in [0.1, 0.15) is 5.69 Å². The van der Waals surface area contributed by atoms with Crippen LogP contribution in [0.2, 0.25) is 0 Å². The van der Waals surface area contributed by atoms with Gasteiger partial charge in [-0.2, -0.15) is 0 Å². The zero-order valence-electron chi connectivity index (χ0n) is 9.96. The zero-order chi connectivity index (χ0) is 12.9. The van der Waals surface area contributed by atoms with Crippen molar-refractivity contribution in [1.29, 1.82) is 0 Å². The van der Waals surface area contributed by atoms with Crippen LogP contribution in [0.15, 0.2) is 22.8 Å². The van der Waals surface area contributed by atoms with Crippen LogP contribution < -0.4 is 5.32 Å². The van der Waals surface area contributed by atoms with Gasteiger partial charge in [0, 0.05) is 21.5 Å². The Morgan fingerprint density at radius 2 is 2.12 bits per heavy atom. The van der Waals surface area contributed by atoms with Gasteiger partial charge < -0.3 is 5.32 Å². The molecule has 1 rings (SSSR count). The summed E-state index contributed by atoms with van der Waals surface area (Å²) in [6.45, 7) is 4.14. The predicted octanol–water partition coefficient (Wildman–Crippen LogP) is 3.53. The van der Waals surface area contributed by atoms with E-state index in [1.54, 1.807) is 12.3 Å². The third-order valence-electron chi connectivity index (χ3n) is 2.96. The van der Waals surface area contributed by atoms with Gasteiger partial charge in [-0.05, 0) is 40.9 Å². The topological polar surface area (TPSA) is 42.0 Å². The number of carbonyl (C=O) groups is 1. The summed E-state index contributed by atoms with van der Waals surface area (Å²) in [5.41, 5.74) is 0.230. The molecule has 0 atom stereocenters.